The minimum Gasteiger partial charge on any atom is -0.313 e. The third kappa shape index (κ3) is 3.93. The van der Waals surface area contributed by atoms with E-state index in [4.69, 9.17) is 0 Å². The lowest BCUT2D eigenvalue weighted by Crippen LogP contribution is -2.58. The molecule has 1 saturated heterocycles. The fourth-order valence-electron chi connectivity index (χ4n) is 3.94. The van der Waals surface area contributed by atoms with Crippen molar-refractivity contribution in [1.29, 1.82) is 0 Å². The molecule has 0 amide bonds. The largest absolute Gasteiger partial charge is 0.313 e. The minimum atomic E-state index is 0.730. The van der Waals surface area contributed by atoms with E-state index in [1.165, 1.54) is 58.2 Å². The number of hydrogen-bond acceptors (Lipinski definition) is 3. The molecule has 3 unspecified atom stereocenters. The fraction of sp³-hybridized carbons (Fsp3) is 1.00. The highest BCUT2D eigenvalue weighted by atomic mass is 15.3. The molecule has 2 aliphatic rings. The summed E-state index contributed by atoms with van der Waals surface area (Å²) in [6, 6.07) is 2.28. The van der Waals surface area contributed by atoms with Gasteiger partial charge in [0.2, 0.25) is 0 Å². The quantitative estimate of drug-likeness (QED) is 0.789. The lowest BCUT2D eigenvalue weighted by atomic mass is 9.98. The molecule has 0 aromatic carbocycles. The van der Waals surface area contributed by atoms with Crippen molar-refractivity contribution < 1.29 is 0 Å². The molecule has 3 nitrogen and oxygen atoms in total. The molecule has 1 saturated carbocycles. The zero-order chi connectivity index (χ0) is 13.7. The molecule has 19 heavy (non-hydrogen) atoms. The van der Waals surface area contributed by atoms with Crippen LogP contribution in [0.25, 0.3) is 0 Å². The molecule has 2 rings (SSSR count). The van der Waals surface area contributed by atoms with Crippen molar-refractivity contribution in [3.63, 3.8) is 0 Å². The Balaban J connectivity index is 1.99. The molecule has 0 aromatic rings. The maximum Gasteiger partial charge on any atom is 0.0250 e. The Hall–Kier alpha value is -0.120. The Labute approximate surface area is 119 Å². The fourth-order valence-corrected chi connectivity index (χ4v) is 3.94. The lowest BCUT2D eigenvalue weighted by molar-refractivity contribution is 0.0461. The first-order valence-corrected chi connectivity index (χ1v) is 8.44. The van der Waals surface area contributed by atoms with Gasteiger partial charge in [-0.25, -0.2) is 0 Å². The summed E-state index contributed by atoms with van der Waals surface area (Å²) in [7, 11) is 2.29. The molecule has 0 radical (unpaired) electrons. The standard InChI is InChI=1S/C16H33N3/c1-4-14-13-19(12-11-18(14)3)16-10-8-6-7-9-15(16)17-5-2/h14-17H,4-13H2,1-3H3. The SMILES string of the molecule is CCNC1CCCCCC1N1CCN(C)C(CC)C1. The third-order valence-corrected chi connectivity index (χ3v) is 5.19. The Morgan fingerprint density at radius 3 is 2.58 bits per heavy atom. The van der Waals surface area contributed by atoms with Crippen LogP contribution in [0.4, 0.5) is 0 Å². The van der Waals surface area contributed by atoms with Crippen molar-refractivity contribution in [2.75, 3.05) is 33.2 Å². The summed E-state index contributed by atoms with van der Waals surface area (Å²) in [5.74, 6) is 0. The first-order valence-electron chi connectivity index (χ1n) is 8.44. The molecule has 1 N–H and O–H groups in total. The summed E-state index contributed by atoms with van der Waals surface area (Å²) in [6.45, 7) is 9.49. The summed E-state index contributed by atoms with van der Waals surface area (Å²) in [4.78, 5) is 5.35. The van der Waals surface area contributed by atoms with Gasteiger partial charge in [-0.05, 0) is 32.9 Å². The van der Waals surface area contributed by atoms with E-state index < -0.39 is 0 Å². The second kappa shape index (κ2) is 7.61. The van der Waals surface area contributed by atoms with Crippen LogP contribution < -0.4 is 5.32 Å². The van der Waals surface area contributed by atoms with Gasteiger partial charge in [-0.2, -0.15) is 0 Å². The van der Waals surface area contributed by atoms with Gasteiger partial charge >= 0.3 is 0 Å². The highest BCUT2D eigenvalue weighted by Gasteiger charge is 2.32. The zero-order valence-corrected chi connectivity index (χ0v) is 13.2. The molecule has 1 heterocycles. The molecule has 112 valence electrons. The van der Waals surface area contributed by atoms with E-state index in [0.717, 1.165) is 24.7 Å². The van der Waals surface area contributed by atoms with Gasteiger partial charge < -0.3 is 10.2 Å². The topological polar surface area (TPSA) is 18.5 Å². The summed E-state index contributed by atoms with van der Waals surface area (Å²) in [5.41, 5.74) is 0. The van der Waals surface area contributed by atoms with Gasteiger partial charge in [-0.3, -0.25) is 4.90 Å². The van der Waals surface area contributed by atoms with E-state index >= 15 is 0 Å². The predicted molar refractivity (Wildman–Crippen MR) is 82.6 cm³/mol. The van der Waals surface area contributed by atoms with Crippen LogP contribution in [0.15, 0.2) is 0 Å². The van der Waals surface area contributed by atoms with Crippen molar-refractivity contribution in [2.24, 2.45) is 0 Å². The maximum atomic E-state index is 3.76. The first-order chi connectivity index (χ1) is 9.26. The van der Waals surface area contributed by atoms with Crippen molar-refractivity contribution in [2.45, 2.75) is 70.5 Å². The normalized spacial score (nSPS) is 35.2. The van der Waals surface area contributed by atoms with E-state index in [2.05, 4.69) is 36.0 Å². The Bertz CT molecular complexity index is 256. The molecule has 0 bridgehead atoms. The van der Waals surface area contributed by atoms with Crippen molar-refractivity contribution in [1.82, 2.24) is 15.1 Å². The minimum absolute atomic E-state index is 0.730. The van der Waals surface area contributed by atoms with Crippen LogP contribution in [0.1, 0.15) is 52.4 Å². The molecular formula is C16H33N3. The van der Waals surface area contributed by atoms with Crippen LogP contribution in [0.3, 0.4) is 0 Å². The van der Waals surface area contributed by atoms with E-state index in [9.17, 15) is 0 Å². The molecule has 1 aliphatic heterocycles. The van der Waals surface area contributed by atoms with Gasteiger partial charge in [0.05, 0.1) is 0 Å². The highest BCUT2D eigenvalue weighted by molar-refractivity contribution is 4.91. The second-order valence-corrected chi connectivity index (χ2v) is 6.41. The van der Waals surface area contributed by atoms with Gasteiger partial charge in [-0.15, -0.1) is 0 Å². The molecule has 1 aliphatic carbocycles. The van der Waals surface area contributed by atoms with Crippen LogP contribution in [0.2, 0.25) is 0 Å². The summed E-state index contributed by atoms with van der Waals surface area (Å²) < 4.78 is 0. The van der Waals surface area contributed by atoms with E-state index in [1.54, 1.807) is 0 Å². The molecular weight excluding hydrogens is 234 g/mol. The Morgan fingerprint density at radius 1 is 1.05 bits per heavy atom. The van der Waals surface area contributed by atoms with Crippen LogP contribution in [-0.2, 0) is 0 Å². The number of piperazine rings is 1. The number of nitrogens with zero attached hydrogens (tertiary/aromatic N) is 2. The summed E-state index contributed by atoms with van der Waals surface area (Å²) >= 11 is 0. The monoisotopic (exact) mass is 267 g/mol. The van der Waals surface area contributed by atoms with E-state index in [0.29, 0.717) is 0 Å². The average molecular weight is 267 g/mol. The second-order valence-electron chi connectivity index (χ2n) is 6.41. The summed E-state index contributed by atoms with van der Waals surface area (Å²) in [5, 5.41) is 3.76. The van der Waals surface area contributed by atoms with E-state index in [1.807, 2.05) is 0 Å². The van der Waals surface area contributed by atoms with Crippen LogP contribution >= 0.6 is 0 Å². The van der Waals surface area contributed by atoms with Crippen LogP contribution in [0.5, 0.6) is 0 Å². The predicted octanol–water partition coefficient (Wildman–Crippen LogP) is 2.32. The maximum absolute atomic E-state index is 3.76. The molecule has 3 heteroatoms. The third-order valence-electron chi connectivity index (χ3n) is 5.19. The van der Waals surface area contributed by atoms with Crippen LogP contribution in [-0.4, -0.2) is 61.2 Å². The number of rotatable bonds is 4. The number of likely N-dealkylation sites (N-methyl/N-ethyl adjacent to an activating group) is 2. The van der Waals surface area contributed by atoms with E-state index in [-0.39, 0.29) is 0 Å². The van der Waals surface area contributed by atoms with Gasteiger partial charge in [0.25, 0.3) is 0 Å². The average Bonchev–Trinajstić information content (AvgIpc) is 2.65. The Kier molecular flexibility index (Phi) is 6.11. The Morgan fingerprint density at radius 2 is 1.84 bits per heavy atom. The zero-order valence-electron chi connectivity index (χ0n) is 13.2. The molecule has 2 fully saturated rings. The number of nitrogens with one attached hydrogen (secondary N) is 1. The van der Waals surface area contributed by atoms with Crippen molar-refractivity contribution in [3.05, 3.63) is 0 Å². The van der Waals surface area contributed by atoms with Crippen molar-refractivity contribution >= 4 is 0 Å². The summed E-state index contributed by atoms with van der Waals surface area (Å²) in [6.07, 6.45) is 8.34. The van der Waals surface area contributed by atoms with Gasteiger partial charge in [-0.1, -0.05) is 33.1 Å². The molecule has 0 spiro atoms. The van der Waals surface area contributed by atoms with Gasteiger partial charge in [0, 0.05) is 37.8 Å². The van der Waals surface area contributed by atoms with Gasteiger partial charge in [0.1, 0.15) is 0 Å². The van der Waals surface area contributed by atoms with Crippen LogP contribution in [0, 0.1) is 0 Å². The van der Waals surface area contributed by atoms with Crippen molar-refractivity contribution in [3.8, 4) is 0 Å². The van der Waals surface area contributed by atoms with Gasteiger partial charge in [0.15, 0.2) is 0 Å². The smallest absolute Gasteiger partial charge is 0.0250 e. The highest BCUT2D eigenvalue weighted by Crippen LogP contribution is 2.25. The lowest BCUT2D eigenvalue weighted by Gasteiger charge is -2.45. The molecule has 0 aromatic heterocycles. The molecule has 3 atom stereocenters. The first kappa shape index (κ1) is 15.3. The number of hydrogen-bond donors (Lipinski definition) is 1.